The van der Waals surface area contributed by atoms with Crippen LogP contribution in [0.1, 0.15) is 35.2 Å². The van der Waals surface area contributed by atoms with Crippen LogP contribution >= 0.6 is 0 Å². The van der Waals surface area contributed by atoms with E-state index in [9.17, 15) is 14.7 Å². The number of halogens is 1. The average Bonchev–Trinajstić information content (AvgIpc) is 3.07. The van der Waals surface area contributed by atoms with E-state index >= 15 is 0 Å². The number of carbonyl (C=O) groups is 1. The van der Waals surface area contributed by atoms with Crippen LogP contribution in [0.15, 0.2) is 89.9 Å². The van der Waals surface area contributed by atoms with Gasteiger partial charge in [0.05, 0.1) is 0 Å². The Morgan fingerprint density at radius 1 is 1.23 bits per heavy atom. The number of aryl methyl sites for hydroxylation is 1. The van der Waals surface area contributed by atoms with E-state index in [1.165, 1.54) is 0 Å². The number of nitrogens with one attached hydrogen (secondary N) is 1. The van der Waals surface area contributed by atoms with Crippen LogP contribution in [-0.4, -0.2) is 11.1 Å². The van der Waals surface area contributed by atoms with Gasteiger partial charge in [-0.15, -0.1) is 6.58 Å². The van der Waals surface area contributed by atoms with Crippen molar-refractivity contribution in [3.8, 4) is 11.3 Å². The number of aliphatic carboxylic acids is 1. The molecule has 0 unspecified atom stereocenters. The molecule has 6 heteroatoms. The molecule has 1 aromatic heterocycles. The van der Waals surface area contributed by atoms with E-state index in [-0.39, 0.29) is 11.5 Å². The summed E-state index contributed by atoms with van der Waals surface area (Å²) in [6.07, 6.45) is 8.08. The fourth-order valence-electron chi connectivity index (χ4n) is 4.18. The Bertz CT molecular complexity index is 1480. The standard InChI is InChI=1S/C29H27INO4/c1-5-9-20-10-8-11-21(16-20)27-18(3)26(32)23-15-17(2)14-22(28(23)35-27)19(4)31-24-12-6-7-13-30-25(24)29(33)34/h5-8,10-16,19,31H,1,9H2,2-4H3,(H,33,34)/q-1/t19-/m1/s1. The topological polar surface area (TPSA) is 79.5 Å². The zero-order valence-corrected chi connectivity index (χ0v) is 22.0. The maximum absolute atomic E-state index is 13.4. The molecular weight excluding hydrogens is 553 g/mol. The van der Waals surface area contributed by atoms with E-state index < -0.39 is 27.2 Å². The van der Waals surface area contributed by atoms with E-state index in [0.717, 1.165) is 28.7 Å². The van der Waals surface area contributed by atoms with Crippen LogP contribution in [-0.2, 0) is 11.2 Å². The van der Waals surface area contributed by atoms with Gasteiger partial charge in [-0.05, 0) is 0 Å². The minimum atomic E-state index is -0.915. The van der Waals surface area contributed by atoms with Crippen LogP contribution in [0.4, 0.5) is 0 Å². The molecule has 35 heavy (non-hydrogen) atoms. The van der Waals surface area contributed by atoms with Crippen molar-refractivity contribution in [2.45, 2.75) is 33.2 Å². The van der Waals surface area contributed by atoms with E-state index in [1.807, 2.05) is 72.6 Å². The number of hydrogen-bond donors (Lipinski definition) is 2. The molecule has 0 amide bonds. The first-order valence-corrected chi connectivity index (χ1v) is 13.6. The van der Waals surface area contributed by atoms with Gasteiger partial charge in [-0.2, -0.15) is 0 Å². The van der Waals surface area contributed by atoms with Crippen molar-refractivity contribution >= 4 is 16.9 Å². The molecule has 0 aliphatic carbocycles. The summed E-state index contributed by atoms with van der Waals surface area (Å²) in [6, 6.07) is 11.5. The summed E-state index contributed by atoms with van der Waals surface area (Å²) >= 11 is -0.761. The number of carboxylic acids is 1. The molecule has 1 atom stereocenters. The van der Waals surface area contributed by atoms with Crippen molar-refractivity contribution < 1.29 is 35.5 Å². The molecule has 1 aliphatic heterocycles. The quantitative estimate of drug-likeness (QED) is 0.332. The number of hydrogen-bond acceptors (Lipinski definition) is 4. The third-order valence-electron chi connectivity index (χ3n) is 5.84. The molecule has 3 aromatic rings. The van der Waals surface area contributed by atoms with E-state index in [0.29, 0.717) is 31.6 Å². The molecule has 2 heterocycles. The van der Waals surface area contributed by atoms with Crippen molar-refractivity contribution in [2.24, 2.45) is 0 Å². The number of benzene rings is 2. The van der Waals surface area contributed by atoms with Crippen LogP contribution in [0, 0.1) is 13.8 Å². The first-order chi connectivity index (χ1) is 16.8. The SMILES string of the molecule is C=CCc1cccc(-c2oc3c([C@@H](C)NC4=C(C(=O)O)[I-]C=CC=C4)cc(C)cc3c(=O)c2C)c1. The second kappa shape index (κ2) is 10.5. The fourth-order valence-corrected chi connectivity index (χ4v) is 5.92. The predicted molar refractivity (Wildman–Crippen MR) is 136 cm³/mol. The van der Waals surface area contributed by atoms with Crippen LogP contribution in [0.3, 0.4) is 0 Å². The monoisotopic (exact) mass is 580 g/mol. The maximum atomic E-state index is 13.4. The number of fused-ring (bicyclic) bond motifs is 1. The summed E-state index contributed by atoms with van der Waals surface area (Å²) in [7, 11) is 0. The number of allylic oxidation sites excluding steroid dienone is 4. The van der Waals surface area contributed by atoms with Gasteiger partial charge in [-0.1, -0.05) is 6.08 Å². The van der Waals surface area contributed by atoms with Gasteiger partial charge in [0, 0.05) is 0 Å². The second-order valence-corrected chi connectivity index (χ2v) is 10.9. The molecule has 5 nitrogen and oxygen atoms in total. The number of rotatable bonds is 7. The summed E-state index contributed by atoms with van der Waals surface area (Å²) in [4.78, 5) is 25.3. The molecule has 180 valence electrons. The summed E-state index contributed by atoms with van der Waals surface area (Å²) in [6.45, 7) is 9.50. The molecular formula is C29H27INO4-. The van der Waals surface area contributed by atoms with Gasteiger partial charge in [0.25, 0.3) is 0 Å². The summed E-state index contributed by atoms with van der Waals surface area (Å²) < 4.78 is 8.79. The van der Waals surface area contributed by atoms with Crippen LogP contribution in [0.25, 0.3) is 22.3 Å². The molecule has 0 fully saturated rings. The van der Waals surface area contributed by atoms with Gasteiger partial charge >= 0.3 is 203 Å². The second-order valence-electron chi connectivity index (χ2n) is 8.49. The Morgan fingerprint density at radius 3 is 2.77 bits per heavy atom. The van der Waals surface area contributed by atoms with Crippen LogP contribution in [0.5, 0.6) is 0 Å². The first kappa shape index (κ1) is 24.7. The molecule has 0 bridgehead atoms. The molecule has 1 aliphatic rings. The molecule has 0 saturated heterocycles. The summed E-state index contributed by atoms with van der Waals surface area (Å²) in [5.74, 6) is -0.373. The Labute approximate surface area is 214 Å². The Balaban J connectivity index is 1.87. The molecule has 0 saturated carbocycles. The van der Waals surface area contributed by atoms with Crippen molar-refractivity contribution in [1.29, 1.82) is 0 Å². The normalized spacial score (nSPS) is 14.4. The van der Waals surface area contributed by atoms with Crippen molar-refractivity contribution in [3.63, 3.8) is 0 Å². The number of carboxylic acid groups (broad SMARTS) is 1. The van der Waals surface area contributed by atoms with Crippen molar-refractivity contribution in [1.82, 2.24) is 5.32 Å². The van der Waals surface area contributed by atoms with Crippen molar-refractivity contribution in [3.05, 3.63) is 113 Å². The van der Waals surface area contributed by atoms with Gasteiger partial charge in [-0.25, -0.2) is 0 Å². The van der Waals surface area contributed by atoms with E-state index in [1.54, 1.807) is 13.0 Å². The zero-order chi connectivity index (χ0) is 25.1. The summed E-state index contributed by atoms with van der Waals surface area (Å²) in [5, 5.41) is 13.6. The van der Waals surface area contributed by atoms with Gasteiger partial charge in [0.15, 0.2) is 0 Å². The molecule has 2 N–H and O–H groups in total. The van der Waals surface area contributed by atoms with Gasteiger partial charge in [0.2, 0.25) is 0 Å². The van der Waals surface area contributed by atoms with Crippen molar-refractivity contribution in [2.75, 3.05) is 0 Å². The summed E-state index contributed by atoms with van der Waals surface area (Å²) in [5.41, 5.74) is 5.26. The van der Waals surface area contributed by atoms with E-state index in [2.05, 4.69) is 11.9 Å². The molecule has 2 aromatic carbocycles. The molecule has 0 radical (unpaired) electrons. The van der Waals surface area contributed by atoms with Crippen LogP contribution < -0.4 is 32.0 Å². The molecule has 0 spiro atoms. The Morgan fingerprint density at radius 2 is 2.03 bits per heavy atom. The zero-order valence-electron chi connectivity index (χ0n) is 19.9. The van der Waals surface area contributed by atoms with E-state index in [4.69, 9.17) is 4.42 Å². The van der Waals surface area contributed by atoms with Gasteiger partial charge in [-0.3, -0.25) is 0 Å². The average molecular weight is 580 g/mol. The fraction of sp³-hybridized carbons (Fsp3) is 0.172. The Kier molecular flexibility index (Phi) is 7.40. The first-order valence-electron chi connectivity index (χ1n) is 11.3. The third kappa shape index (κ3) is 5.17. The predicted octanol–water partition coefficient (Wildman–Crippen LogP) is 2.92. The minimum absolute atomic E-state index is 0.0672. The van der Waals surface area contributed by atoms with Gasteiger partial charge < -0.3 is 0 Å². The third-order valence-corrected chi connectivity index (χ3v) is 8.28. The van der Waals surface area contributed by atoms with Crippen LogP contribution in [0.2, 0.25) is 0 Å². The Hall–Kier alpha value is -3.39. The van der Waals surface area contributed by atoms with Gasteiger partial charge in [0.1, 0.15) is 0 Å². The molecule has 4 rings (SSSR count).